The van der Waals surface area contributed by atoms with Crippen molar-refractivity contribution in [1.29, 1.82) is 0 Å². The molecule has 0 saturated heterocycles. The highest BCUT2D eigenvalue weighted by Gasteiger charge is 2.02. The Hall–Kier alpha value is -1.66. The second-order valence-electron chi connectivity index (χ2n) is 4.05. The van der Waals surface area contributed by atoms with E-state index in [2.05, 4.69) is 11.8 Å². The summed E-state index contributed by atoms with van der Waals surface area (Å²) in [5.74, 6) is 6.51. The zero-order chi connectivity index (χ0) is 14.4. The number of hydrogen-bond acceptors (Lipinski definition) is 2. The third-order valence-electron chi connectivity index (χ3n) is 2.60. The highest BCUT2D eigenvalue weighted by atomic mass is 35.5. The van der Waals surface area contributed by atoms with Crippen LogP contribution >= 0.6 is 23.2 Å². The van der Waals surface area contributed by atoms with Gasteiger partial charge in [-0.25, -0.2) is 0 Å². The molecule has 0 fully saturated rings. The summed E-state index contributed by atoms with van der Waals surface area (Å²) in [7, 11) is 0. The number of nitrogens with two attached hydrogens (primary N) is 1. The number of benzene rings is 2. The topological polar surface area (TPSA) is 35.2 Å². The molecule has 2 nitrogen and oxygen atoms in total. The Morgan fingerprint density at radius 2 is 1.80 bits per heavy atom. The Balaban J connectivity index is 2.00. The van der Waals surface area contributed by atoms with Crippen molar-refractivity contribution < 1.29 is 4.74 Å². The minimum atomic E-state index is 0.354. The molecular weight excluding hydrogens is 293 g/mol. The van der Waals surface area contributed by atoms with Crippen molar-refractivity contribution in [1.82, 2.24) is 0 Å². The normalized spacial score (nSPS) is 9.75. The van der Waals surface area contributed by atoms with Gasteiger partial charge < -0.3 is 10.5 Å². The molecule has 0 heterocycles. The molecule has 2 N–H and O–H groups in total. The van der Waals surface area contributed by atoms with E-state index in [-0.39, 0.29) is 0 Å². The molecule has 2 aromatic carbocycles. The van der Waals surface area contributed by atoms with E-state index >= 15 is 0 Å². The molecule has 0 aliphatic carbocycles. The van der Waals surface area contributed by atoms with Crippen molar-refractivity contribution in [3.05, 3.63) is 63.6 Å². The molecule has 102 valence electrons. The second-order valence-corrected chi connectivity index (χ2v) is 4.90. The first-order chi connectivity index (χ1) is 9.69. The predicted molar refractivity (Wildman–Crippen MR) is 83.2 cm³/mol. The van der Waals surface area contributed by atoms with E-state index in [0.29, 0.717) is 23.2 Å². The van der Waals surface area contributed by atoms with Crippen LogP contribution in [0.2, 0.25) is 10.0 Å². The molecular formula is C16H13Cl2NO. The average Bonchev–Trinajstić information content (AvgIpc) is 2.45. The first-order valence-corrected chi connectivity index (χ1v) is 6.80. The van der Waals surface area contributed by atoms with E-state index in [9.17, 15) is 0 Å². The van der Waals surface area contributed by atoms with E-state index < -0.39 is 0 Å². The summed E-state index contributed by atoms with van der Waals surface area (Å²) < 4.78 is 5.67. The van der Waals surface area contributed by atoms with Crippen molar-refractivity contribution in [3.8, 4) is 17.6 Å². The molecule has 0 aliphatic rings. The van der Waals surface area contributed by atoms with Crippen LogP contribution < -0.4 is 10.5 Å². The van der Waals surface area contributed by atoms with Gasteiger partial charge >= 0.3 is 0 Å². The maximum Gasteiger partial charge on any atom is 0.119 e. The van der Waals surface area contributed by atoms with Gasteiger partial charge in [-0.3, -0.25) is 0 Å². The first kappa shape index (κ1) is 14.7. The van der Waals surface area contributed by atoms with Crippen LogP contribution in [-0.2, 0) is 6.61 Å². The Bertz CT molecular complexity index is 642. The molecule has 0 unspecified atom stereocenters. The molecule has 2 rings (SSSR count). The molecule has 4 heteroatoms. The quantitative estimate of drug-likeness (QED) is 0.873. The predicted octanol–water partition coefficient (Wildman–Crippen LogP) is 3.88. The Morgan fingerprint density at radius 3 is 2.45 bits per heavy atom. The van der Waals surface area contributed by atoms with E-state index in [1.54, 1.807) is 12.1 Å². The lowest BCUT2D eigenvalue weighted by Crippen LogP contribution is -1.96. The van der Waals surface area contributed by atoms with Crippen LogP contribution in [0.15, 0.2) is 42.5 Å². The lowest BCUT2D eigenvalue weighted by atomic mass is 10.2. The summed E-state index contributed by atoms with van der Waals surface area (Å²) in [4.78, 5) is 0. The standard InChI is InChI=1S/C16H13Cl2NO/c17-14-6-5-13(16(18)10-14)11-20-15-7-3-12(4-8-15)2-1-9-19/h3-8,10H,9,11,19H2. The number of halogens is 2. The number of ether oxygens (including phenoxy) is 1. The fourth-order valence-electron chi connectivity index (χ4n) is 1.59. The molecule has 0 bridgehead atoms. The van der Waals surface area contributed by atoms with Crippen molar-refractivity contribution in [3.63, 3.8) is 0 Å². The van der Waals surface area contributed by atoms with E-state index in [0.717, 1.165) is 16.9 Å². The van der Waals surface area contributed by atoms with Crippen molar-refractivity contribution in [2.45, 2.75) is 6.61 Å². The number of rotatable bonds is 3. The molecule has 2 aromatic rings. The monoisotopic (exact) mass is 305 g/mol. The van der Waals surface area contributed by atoms with Gasteiger partial charge in [-0.1, -0.05) is 41.1 Å². The Labute approximate surface area is 128 Å². The van der Waals surface area contributed by atoms with Crippen molar-refractivity contribution in [2.75, 3.05) is 6.54 Å². The Kier molecular flexibility index (Phi) is 5.31. The molecule has 0 spiro atoms. The minimum Gasteiger partial charge on any atom is -0.489 e. The fraction of sp³-hybridized carbons (Fsp3) is 0.125. The van der Waals surface area contributed by atoms with Crippen LogP contribution in [0.25, 0.3) is 0 Å². The zero-order valence-electron chi connectivity index (χ0n) is 10.7. The lowest BCUT2D eigenvalue weighted by Gasteiger charge is -2.08. The van der Waals surface area contributed by atoms with Gasteiger partial charge in [-0.15, -0.1) is 0 Å². The smallest absolute Gasteiger partial charge is 0.119 e. The van der Waals surface area contributed by atoms with Gasteiger partial charge in [0.15, 0.2) is 0 Å². The molecule has 20 heavy (non-hydrogen) atoms. The lowest BCUT2D eigenvalue weighted by molar-refractivity contribution is 0.306. The molecule has 0 aliphatic heterocycles. The molecule has 0 atom stereocenters. The van der Waals surface area contributed by atoms with E-state index in [1.165, 1.54) is 0 Å². The third kappa shape index (κ3) is 4.18. The summed E-state index contributed by atoms with van der Waals surface area (Å²) in [5, 5.41) is 1.21. The van der Waals surface area contributed by atoms with Crippen LogP contribution in [0.5, 0.6) is 5.75 Å². The van der Waals surface area contributed by atoms with Crippen molar-refractivity contribution in [2.24, 2.45) is 5.73 Å². The summed E-state index contributed by atoms with van der Waals surface area (Å²) in [5.41, 5.74) is 7.12. The zero-order valence-corrected chi connectivity index (χ0v) is 12.2. The molecule has 0 saturated carbocycles. The van der Waals surface area contributed by atoms with Crippen molar-refractivity contribution >= 4 is 23.2 Å². The van der Waals surface area contributed by atoms with Gasteiger partial charge in [-0.05, 0) is 36.4 Å². The van der Waals surface area contributed by atoms with Crippen LogP contribution in [0.3, 0.4) is 0 Å². The third-order valence-corrected chi connectivity index (χ3v) is 3.19. The summed E-state index contributed by atoms with van der Waals surface area (Å²) >= 11 is 11.9. The summed E-state index contributed by atoms with van der Waals surface area (Å²) in [6.45, 7) is 0.747. The van der Waals surface area contributed by atoms with Gasteiger partial charge in [0.1, 0.15) is 12.4 Å². The molecule has 0 radical (unpaired) electrons. The molecule has 0 aromatic heterocycles. The number of hydrogen-bond donors (Lipinski definition) is 1. The maximum absolute atomic E-state index is 6.08. The first-order valence-electron chi connectivity index (χ1n) is 6.05. The van der Waals surface area contributed by atoms with Crippen LogP contribution in [0.1, 0.15) is 11.1 Å². The van der Waals surface area contributed by atoms with Gasteiger partial charge in [0, 0.05) is 21.2 Å². The minimum absolute atomic E-state index is 0.354. The second kappa shape index (κ2) is 7.21. The highest BCUT2D eigenvalue weighted by Crippen LogP contribution is 2.22. The van der Waals surface area contributed by atoms with Crippen LogP contribution in [0, 0.1) is 11.8 Å². The van der Waals surface area contributed by atoms with Gasteiger partial charge in [-0.2, -0.15) is 0 Å². The largest absolute Gasteiger partial charge is 0.489 e. The molecule has 0 amide bonds. The summed E-state index contributed by atoms with van der Waals surface area (Å²) in [6, 6.07) is 12.9. The highest BCUT2D eigenvalue weighted by molar-refractivity contribution is 6.35. The maximum atomic E-state index is 6.08. The van der Waals surface area contributed by atoms with Crippen LogP contribution in [-0.4, -0.2) is 6.54 Å². The summed E-state index contributed by atoms with van der Waals surface area (Å²) in [6.07, 6.45) is 0. The van der Waals surface area contributed by atoms with E-state index in [1.807, 2.05) is 30.3 Å². The van der Waals surface area contributed by atoms with Gasteiger partial charge in [0.25, 0.3) is 0 Å². The van der Waals surface area contributed by atoms with Crippen LogP contribution in [0.4, 0.5) is 0 Å². The van der Waals surface area contributed by atoms with Gasteiger partial charge in [0.2, 0.25) is 0 Å². The van der Waals surface area contributed by atoms with E-state index in [4.69, 9.17) is 33.7 Å². The Morgan fingerprint density at radius 1 is 1.05 bits per heavy atom. The van der Waals surface area contributed by atoms with Gasteiger partial charge in [0.05, 0.1) is 6.54 Å². The average molecular weight is 306 g/mol. The SMILES string of the molecule is NCC#Cc1ccc(OCc2ccc(Cl)cc2Cl)cc1. The fourth-order valence-corrected chi connectivity index (χ4v) is 2.05.